The summed E-state index contributed by atoms with van der Waals surface area (Å²) in [7, 11) is 0. The number of anilines is 2. The molecular weight excluding hydrogens is 334 g/mol. The summed E-state index contributed by atoms with van der Waals surface area (Å²) in [6.45, 7) is 0.503. The molecule has 0 spiro atoms. The van der Waals surface area contributed by atoms with E-state index in [1.165, 1.54) is 0 Å². The number of aryl methyl sites for hydroxylation is 1. The van der Waals surface area contributed by atoms with Crippen molar-refractivity contribution in [1.29, 1.82) is 0 Å². The van der Waals surface area contributed by atoms with Gasteiger partial charge in [0.2, 0.25) is 5.91 Å². The Labute approximate surface area is 130 Å². The summed E-state index contributed by atoms with van der Waals surface area (Å²) in [4.78, 5) is 23.6. The second kappa shape index (κ2) is 7.08. The largest absolute Gasteiger partial charge is 0.399 e. The molecular formula is C15H16BrN3O2. The molecule has 0 aliphatic carbocycles. The fraction of sp³-hybridized carbons (Fsp3) is 0.200. The van der Waals surface area contributed by atoms with Crippen LogP contribution in [0.3, 0.4) is 0 Å². The van der Waals surface area contributed by atoms with Crippen LogP contribution in [-0.2, 0) is 11.3 Å². The van der Waals surface area contributed by atoms with Crippen molar-refractivity contribution >= 4 is 33.2 Å². The van der Waals surface area contributed by atoms with Crippen molar-refractivity contribution in [3.8, 4) is 0 Å². The van der Waals surface area contributed by atoms with Gasteiger partial charge in [0.05, 0.1) is 4.47 Å². The van der Waals surface area contributed by atoms with Gasteiger partial charge in [-0.05, 0) is 52.7 Å². The monoisotopic (exact) mass is 349 g/mol. The van der Waals surface area contributed by atoms with Gasteiger partial charge in [-0.15, -0.1) is 0 Å². The van der Waals surface area contributed by atoms with Gasteiger partial charge in [0.15, 0.2) is 0 Å². The van der Waals surface area contributed by atoms with Crippen LogP contribution in [0.15, 0.2) is 51.9 Å². The van der Waals surface area contributed by atoms with Crippen LogP contribution in [-0.4, -0.2) is 10.5 Å². The van der Waals surface area contributed by atoms with Gasteiger partial charge < -0.3 is 15.6 Å². The smallest absolute Gasteiger partial charge is 0.264 e. The number of pyridine rings is 1. The number of aromatic nitrogens is 1. The Bertz CT molecular complexity index is 697. The number of hydrogen-bond acceptors (Lipinski definition) is 3. The van der Waals surface area contributed by atoms with Gasteiger partial charge in [0, 0.05) is 30.5 Å². The van der Waals surface area contributed by atoms with Crippen molar-refractivity contribution in [2.75, 3.05) is 11.1 Å². The molecule has 1 heterocycles. The van der Waals surface area contributed by atoms with E-state index in [1.807, 2.05) is 0 Å². The van der Waals surface area contributed by atoms with Crippen LogP contribution in [0.5, 0.6) is 0 Å². The van der Waals surface area contributed by atoms with Crippen molar-refractivity contribution in [3.63, 3.8) is 0 Å². The summed E-state index contributed by atoms with van der Waals surface area (Å²) < 4.78 is 2.10. The highest BCUT2D eigenvalue weighted by Crippen LogP contribution is 2.12. The van der Waals surface area contributed by atoms with E-state index in [-0.39, 0.29) is 11.5 Å². The van der Waals surface area contributed by atoms with Gasteiger partial charge in [0.1, 0.15) is 0 Å². The number of carbonyl (C=O) groups excluding carboxylic acids is 1. The summed E-state index contributed by atoms with van der Waals surface area (Å²) in [5, 5.41) is 2.78. The van der Waals surface area contributed by atoms with Crippen LogP contribution in [0.2, 0.25) is 0 Å². The number of nitrogens with one attached hydrogen (secondary N) is 1. The molecule has 6 heteroatoms. The number of nitrogens with two attached hydrogens (primary N) is 1. The van der Waals surface area contributed by atoms with Gasteiger partial charge in [0.25, 0.3) is 5.56 Å². The topological polar surface area (TPSA) is 77.1 Å². The van der Waals surface area contributed by atoms with E-state index in [1.54, 1.807) is 47.2 Å². The number of nitrogen functional groups attached to an aromatic ring is 1. The van der Waals surface area contributed by atoms with E-state index in [0.717, 1.165) is 0 Å². The third-order valence-electron chi connectivity index (χ3n) is 2.95. The second-order valence-electron chi connectivity index (χ2n) is 4.63. The van der Waals surface area contributed by atoms with Crippen LogP contribution in [0.1, 0.15) is 12.8 Å². The van der Waals surface area contributed by atoms with Crippen LogP contribution in [0, 0.1) is 0 Å². The first-order valence-electron chi connectivity index (χ1n) is 6.56. The summed E-state index contributed by atoms with van der Waals surface area (Å²) in [5.41, 5.74) is 6.84. The van der Waals surface area contributed by atoms with Crippen LogP contribution in [0.25, 0.3) is 0 Å². The van der Waals surface area contributed by atoms with Crippen molar-refractivity contribution in [3.05, 3.63) is 57.4 Å². The summed E-state index contributed by atoms with van der Waals surface area (Å²) in [5.74, 6) is -0.0938. The van der Waals surface area contributed by atoms with Gasteiger partial charge in [-0.2, -0.15) is 0 Å². The van der Waals surface area contributed by atoms with Crippen LogP contribution >= 0.6 is 15.9 Å². The molecule has 0 aliphatic rings. The Kier molecular flexibility index (Phi) is 5.16. The molecule has 110 valence electrons. The van der Waals surface area contributed by atoms with Crippen LogP contribution in [0.4, 0.5) is 11.4 Å². The van der Waals surface area contributed by atoms with E-state index in [2.05, 4.69) is 21.2 Å². The Morgan fingerprint density at radius 2 is 2.10 bits per heavy atom. The molecule has 5 nitrogen and oxygen atoms in total. The number of rotatable bonds is 5. The lowest BCUT2D eigenvalue weighted by atomic mass is 10.2. The fourth-order valence-electron chi connectivity index (χ4n) is 1.93. The third kappa shape index (κ3) is 4.46. The predicted molar refractivity (Wildman–Crippen MR) is 87.1 cm³/mol. The zero-order valence-electron chi connectivity index (χ0n) is 11.4. The number of benzene rings is 1. The molecule has 0 bridgehead atoms. The quantitative estimate of drug-likeness (QED) is 0.814. The molecule has 2 aromatic rings. The highest BCUT2D eigenvalue weighted by molar-refractivity contribution is 9.10. The molecule has 0 unspecified atom stereocenters. The molecule has 2 rings (SSSR count). The zero-order valence-corrected chi connectivity index (χ0v) is 13.0. The minimum absolute atomic E-state index is 0.0891. The molecule has 0 radical (unpaired) electrons. The summed E-state index contributed by atoms with van der Waals surface area (Å²) in [6.07, 6.45) is 2.64. The van der Waals surface area contributed by atoms with Gasteiger partial charge in [-0.3, -0.25) is 9.59 Å². The fourth-order valence-corrected chi connectivity index (χ4v) is 2.31. The molecule has 21 heavy (non-hydrogen) atoms. The molecule has 0 aliphatic heterocycles. The Hall–Kier alpha value is -2.08. The lowest BCUT2D eigenvalue weighted by Crippen LogP contribution is -2.20. The van der Waals surface area contributed by atoms with Gasteiger partial charge in [-0.25, -0.2) is 0 Å². The minimum atomic E-state index is -0.0938. The number of amides is 1. The molecule has 0 saturated heterocycles. The number of nitrogens with zero attached hydrogens (tertiary/aromatic N) is 1. The number of carbonyl (C=O) groups is 1. The Balaban J connectivity index is 1.85. The standard InChI is InChI=1S/C15H16BrN3O2/c16-13-6-2-8-19(15(13)21)9-3-7-14(20)18-12-5-1-4-11(17)10-12/h1-2,4-6,8,10H,3,7,9,17H2,(H,18,20). The van der Waals surface area contributed by atoms with E-state index in [0.29, 0.717) is 35.2 Å². The first-order chi connectivity index (χ1) is 10.1. The maximum absolute atomic E-state index is 11.8. The minimum Gasteiger partial charge on any atom is -0.399 e. The maximum Gasteiger partial charge on any atom is 0.264 e. The zero-order chi connectivity index (χ0) is 15.2. The molecule has 1 aromatic carbocycles. The van der Waals surface area contributed by atoms with E-state index >= 15 is 0 Å². The van der Waals surface area contributed by atoms with Crippen LogP contribution < -0.4 is 16.6 Å². The SMILES string of the molecule is Nc1cccc(NC(=O)CCCn2cccc(Br)c2=O)c1. The van der Waals surface area contributed by atoms with Crippen molar-refractivity contribution < 1.29 is 4.79 Å². The highest BCUT2D eigenvalue weighted by Gasteiger charge is 2.04. The third-order valence-corrected chi connectivity index (χ3v) is 3.55. The molecule has 0 fully saturated rings. The Morgan fingerprint density at radius 3 is 2.86 bits per heavy atom. The van der Waals surface area contributed by atoms with E-state index in [9.17, 15) is 9.59 Å². The molecule has 1 amide bonds. The average molecular weight is 350 g/mol. The van der Waals surface area contributed by atoms with Gasteiger partial charge in [-0.1, -0.05) is 6.07 Å². The molecule has 1 aromatic heterocycles. The van der Waals surface area contributed by atoms with E-state index < -0.39 is 0 Å². The second-order valence-corrected chi connectivity index (χ2v) is 5.49. The normalized spacial score (nSPS) is 10.3. The maximum atomic E-state index is 11.8. The van der Waals surface area contributed by atoms with Crippen molar-refractivity contribution in [1.82, 2.24) is 4.57 Å². The molecule has 0 saturated carbocycles. The average Bonchev–Trinajstić information content (AvgIpc) is 2.43. The highest BCUT2D eigenvalue weighted by atomic mass is 79.9. The summed E-state index contributed by atoms with van der Waals surface area (Å²) in [6, 6.07) is 10.5. The number of halogens is 1. The lowest BCUT2D eigenvalue weighted by molar-refractivity contribution is -0.116. The first-order valence-corrected chi connectivity index (χ1v) is 7.36. The first kappa shape index (κ1) is 15.3. The van der Waals surface area contributed by atoms with Gasteiger partial charge >= 0.3 is 0 Å². The van der Waals surface area contributed by atoms with E-state index in [4.69, 9.17) is 5.73 Å². The van der Waals surface area contributed by atoms with Crippen molar-refractivity contribution in [2.24, 2.45) is 0 Å². The number of hydrogen-bond donors (Lipinski definition) is 2. The van der Waals surface area contributed by atoms with Crippen molar-refractivity contribution in [2.45, 2.75) is 19.4 Å². The molecule has 3 N–H and O–H groups in total. The predicted octanol–water partition coefficient (Wildman–Crippen LogP) is 2.61. The Morgan fingerprint density at radius 1 is 1.29 bits per heavy atom. The summed E-state index contributed by atoms with van der Waals surface area (Å²) >= 11 is 3.19. The molecule has 0 atom stereocenters. The lowest BCUT2D eigenvalue weighted by Gasteiger charge is -2.07.